The Morgan fingerprint density at radius 1 is 0.757 bits per heavy atom. The SMILES string of the molecule is CC(C)CCCCCCCOP(=O)(N[C@@H]1O[C@H](C(=O)O)[C@@H](O)[C@H](O)[C@H]1O)OCCCCCCCC(C)C. The van der Waals surface area contributed by atoms with E-state index in [-0.39, 0.29) is 13.2 Å². The van der Waals surface area contributed by atoms with Crippen molar-refractivity contribution in [2.24, 2.45) is 11.8 Å². The number of nitrogens with one attached hydrogen (secondary N) is 1. The fourth-order valence-corrected chi connectivity index (χ4v) is 5.69. The van der Waals surface area contributed by atoms with E-state index < -0.39 is 44.4 Å². The molecule has 0 spiro atoms. The van der Waals surface area contributed by atoms with Gasteiger partial charge in [-0.05, 0) is 24.7 Å². The van der Waals surface area contributed by atoms with Crippen LogP contribution in [0.25, 0.3) is 0 Å². The lowest BCUT2D eigenvalue weighted by Gasteiger charge is -2.39. The third-order valence-corrected chi connectivity index (χ3v) is 8.13. The van der Waals surface area contributed by atoms with E-state index >= 15 is 0 Å². The average molecular weight is 554 g/mol. The van der Waals surface area contributed by atoms with Crippen molar-refractivity contribution < 1.29 is 43.6 Å². The van der Waals surface area contributed by atoms with Crippen molar-refractivity contribution in [3.8, 4) is 0 Å². The summed E-state index contributed by atoms with van der Waals surface area (Å²) >= 11 is 0. The highest BCUT2D eigenvalue weighted by Gasteiger charge is 2.49. The van der Waals surface area contributed by atoms with Crippen LogP contribution in [0.5, 0.6) is 0 Å². The average Bonchev–Trinajstić information content (AvgIpc) is 2.82. The predicted molar refractivity (Wildman–Crippen MR) is 142 cm³/mol. The Hall–Kier alpha value is -0.580. The normalized spacial score (nSPS) is 24.7. The molecule has 0 aromatic carbocycles. The second-order valence-electron chi connectivity index (χ2n) is 11.0. The minimum atomic E-state index is -4.00. The molecule has 1 heterocycles. The van der Waals surface area contributed by atoms with Gasteiger partial charge in [-0.15, -0.1) is 0 Å². The zero-order chi connectivity index (χ0) is 27.8. The van der Waals surface area contributed by atoms with Crippen LogP contribution < -0.4 is 5.09 Å². The van der Waals surface area contributed by atoms with Crippen LogP contribution in [0.4, 0.5) is 0 Å². The van der Waals surface area contributed by atoms with E-state index in [1.165, 1.54) is 25.7 Å². The molecule has 1 aliphatic rings. The van der Waals surface area contributed by atoms with Crippen LogP contribution in [0.15, 0.2) is 0 Å². The van der Waals surface area contributed by atoms with E-state index in [2.05, 4.69) is 32.8 Å². The summed E-state index contributed by atoms with van der Waals surface area (Å²) in [5.41, 5.74) is 0. The first-order valence-corrected chi connectivity index (χ1v) is 15.6. The van der Waals surface area contributed by atoms with Crippen LogP contribution in [0.2, 0.25) is 0 Å². The maximum atomic E-state index is 13.5. The highest BCUT2D eigenvalue weighted by molar-refractivity contribution is 7.51. The quantitative estimate of drug-likeness (QED) is 0.101. The molecule has 5 N–H and O–H groups in total. The van der Waals surface area contributed by atoms with Crippen molar-refractivity contribution in [2.45, 2.75) is 135 Å². The summed E-state index contributed by atoms with van der Waals surface area (Å²) in [5.74, 6) is -0.137. The van der Waals surface area contributed by atoms with Crippen molar-refractivity contribution in [3.05, 3.63) is 0 Å². The summed E-state index contributed by atoms with van der Waals surface area (Å²) in [7, 11) is -4.00. The van der Waals surface area contributed by atoms with E-state index in [4.69, 9.17) is 13.8 Å². The molecule has 0 aliphatic carbocycles. The summed E-state index contributed by atoms with van der Waals surface area (Å²) in [5, 5.41) is 42.0. The molecule has 1 rings (SSSR count). The number of carboxylic acid groups (broad SMARTS) is 1. The van der Waals surface area contributed by atoms with E-state index in [9.17, 15) is 29.8 Å². The molecular formula is C26H52NO9P. The lowest BCUT2D eigenvalue weighted by atomic mass is 9.98. The molecule has 1 aliphatic heterocycles. The van der Waals surface area contributed by atoms with Gasteiger partial charge in [0.05, 0.1) is 13.2 Å². The number of aliphatic hydroxyl groups excluding tert-OH is 3. The third-order valence-electron chi connectivity index (χ3n) is 6.52. The summed E-state index contributed by atoms with van der Waals surface area (Å²) < 4.78 is 29.9. The first kappa shape index (κ1) is 34.4. The predicted octanol–water partition coefficient (Wildman–Crippen LogP) is 4.60. The van der Waals surface area contributed by atoms with Gasteiger partial charge in [-0.25, -0.2) is 9.36 Å². The van der Waals surface area contributed by atoms with E-state index in [1.807, 2.05) is 0 Å². The van der Waals surface area contributed by atoms with Crippen LogP contribution in [0, 0.1) is 11.8 Å². The molecule has 0 aromatic rings. The number of hydrogen-bond acceptors (Lipinski definition) is 8. The van der Waals surface area contributed by atoms with Crippen molar-refractivity contribution in [2.75, 3.05) is 13.2 Å². The lowest BCUT2D eigenvalue weighted by Crippen LogP contribution is -2.62. The highest BCUT2D eigenvalue weighted by Crippen LogP contribution is 2.46. The van der Waals surface area contributed by atoms with Gasteiger partial charge in [0.15, 0.2) is 6.10 Å². The molecular weight excluding hydrogens is 501 g/mol. The monoisotopic (exact) mass is 553 g/mol. The highest BCUT2D eigenvalue weighted by atomic mass is 31.2. The van der Waals surface area contributed by atoms with Crippen molar-refractivity contribution in [1.29, 1.82) is 0 Å². The first-order chi connectivity index (χ1) is 17.5. The number of carboxylic acids is 1. The maximum Gasteiger partial charge on any atom is 0.407 e. The molecule has 0 radical (unpaired) electrons. The van der Waals surface area contributed by atoms with Crippen LogP contribution in [0.3, 0.4) is 0 Å². The molecule has 37 heavy (non-hydrogen) atoms. The van der Waals surface area contributed by atoms with E-state index in [1.54, 1.807) is 0 Å². The van der Waals surface area contributed by atoms with E-state index in [0.717, 1.165) is 38.5 Å². The maximum absolute atomic E-state index is 13.5. The Morgan fingerprint density at radius 3 is 1.62 bits per heavy atom. The molecule has 1 saturated heterocycles. The number of aliphatic hydroxyl groups is 3. The standard InChI is InChI=1S/C26H52NO9P/c1-19(2)15-11-7-5-9-13-17-34-37(33,35-18-14-10-6-8-12-16-20(3)4)27-25-23(30)21(28)22(29)24(36-25)26(31)32/h19-25,28-30H,5-18H2,1-4H3,(H,27,33)(H,31,32)/t21-,22-,23+,24-,25+/m0/s1. The first-order valence-electron chi connectivity index (χ1n) is 14.1. The van der Waals surface area contributed by atoms with Gasteiger partial charge in [0.25, 0.3) is 0 Å². The van der Waals surface area contributed by atoms with Gasteiger partial charge in [0.1, 0.15) is 24.5 Å². The van der Waals surface area contributed by atoms with Gasteiger partial charge in [-0.1, -0.05) is 91.9 Å². The number of carbonyl (C=O) groups is 1. The Balaban J connectivity index is 2.60. The number of unbranched alkanes of at least 4 members (excludes halogenated alkanes) is 8. The minimum Gasteiger partial charge on any atom is -0.479 e. The van der Waals surface area contributed by atoms with Gasteiger partial charge in [-0.2, -0.15) is 5.09 Å². The smallest absolute Gasteiger partial charge is 0.407 e. The van der Waals surface area contributed by atoms with Crippen LogP contribution >= 0.6 is 7.75 Å². The van der Waals surface area contributed by atoms with Gasteiger partial charge in [-0.3, -0.25) is 9.05 Å². The zero-order valence-electron chi connectivity index (χ0n) is 23.2. The molecule has 1 fully saturated rings. The fourth-order valence-electron chi connectivity index (χ4n) is 4.20. The molecule has 0 amide bonds. The largest absolute Gasteiger partial charge is 0.479 e. The Labute approximate surface area is 223 Å². The molecule has 5 atom stereocenters. The van der Waals surface area contributed by atoms with Gasteiger partial charge in [0.2, 0.25) is 0 Å². The molecule has 0 unspecified atom stereocenters. The zero-order valence-corrected chi connectivity index (χ0v) is 24.1. The number of aliphatic carboxylic acids is 1. The Kier molecular flexibility index (Phi) is 17.4. The lowest BCUT2D eigenvalue weighted by molar-refractivity contribution is -0.230. The van der Waals surface area contributed by atoms with Crippen molar-refractivity contribution in [3.63, 3.8) is 0 Å². The summed E-state index contributed by atoms with van der Waals surface area (Å²) in [6.07, 6.45) is 3.49. The number of ether oxygens (including phenoxy) is 1. The van der Waals surface area contributed by atoms with Crippen LogP contribution in [-0.2, 0) is 23.1 Å². The second-order valence-corrected chi connectivity index (χ2v) is 12.8. The minimum absolute atomic E-state index is 0.153. The Bertz CT molecular complexity index is 636. The number of rotatable bonds is 21. The van der Waals surface area contributed by atoms with Crippen molar-refractivity contribution >= 4 is 13.7 Å². The second kappa shape index (κ2) is 18.7. The third kappa shape index (κ3) is 14.4. The molecule has 0 saturated carbocycles. The molecule has 11 heteroatoms. The summed E-state index contributed by atoms with van der Waals surface area (Å²) in [4.78, 5) is 11.4. The fraction of sp³-hybridized carbons (Fsp3) is 0.962. The summed E-state index contributed by atoms with van der Waals surface area (Å²) in [6.45, 7) is 9.13. The van der Waals surface area contributed by atoms with Gasteiger partial charge >= 0.3 is 13.7 Å². The van der Waals surface area contributed by atoms with Gasteiger partial charge in [0, 0.05) is 0 Å². The summed E-state index contributed by atoms with van der Waals surface area (Å²) in [6, 6.07) is 0. The van der Waals surface area contributed by atoms with Crippen LogP contribution in [0.1, 0.15) is 105 Å². The number of hydrogen-bond donors (Lipinski definition) is 5. The molecule has 0 aromatic heterocycles. The molecule has 220 valence electrons. The Morgan fingerprint density at radius 2 is 1.19 bits per heavy atom. The topological polar surface area (TPSA) is 155 Å². The molecule has 10 nitrogen and oxygen atoms in total. The van der Waals surface area contributed by atoms with Crippen molar-refractivity contribution in [1.82, 2.24) is 5.09 Å². The molecule has 0 bridgehead atoms. The van der Waals surface area contributed by atoms with Crippen LogP contribution in [-0.4, -0.2) is 70.3 Å². The van der Waals surface area contributed by atoms with E-state index in [0.29, 0.717) is 24.7 Å². The van der Waals surface area contributed by atoms with Gasteiger partial charge < -0.3 is 25.2 Å².